The van der Waals surface area contributed by atoms with E-state index in [4.69, 9.17) is 9.26 Å². The monoisotopic (exact) mass is 417 g/mol. The predicted molar refractivity (Wildman–Crippen MR) is 114 cm³/mol. The number of nitrogens with zero attached hydrogens (tertiary/aromatic N) is 2. The number of aryl methyl sites for hydroxylation is 1. The molecule has 0 saturated heterocycles. The number of aromatic nitrogens is 2. The summed E-state index contributed by atoms with van der Waals surface area (Å²) in [4.78, 5) is 18.3. The van der Waals surface area contributed by atoms with E-state index in [0.29, 0.717) is 11.4 Å². The van der Waals surface area contributed by atoms with Crippen molar-refractivity contribution in [3.05, 3.63) is 48.0 Å². The predicted octanol–water partition coefficient (Wildman–Crippen LogP) is 4.37. The first kappa shape index (κ1) is 20.5. The standard InChI is InChI=1S/C20H23N3O3S2/c1-12-11-25-23-17(12)20(2,3)22-18(24)19(28-5)26-14-6-7-16-13(8-14)9-15(27-4)10-21-16/h6-11,19H,1-5H3,(H,22,24). The summed E-state index contributed by atoms with van der Waals surface area (Å²) in [5.41, 5.74) is 1.10. The second kappa shape index (κ2) is 8.45. The molecule has 1 N–H and O–H groups in total. The molecule has 1 aromatic carbocycles. The highest BCUT2D eigenvalue weighted by molar-refractivity contribution is 7.99. The van der Waals surface area contributed by atoms with Crippen LogP contribution in [0.1, 0.15) is 25.1 Å². The molecule has 1 unspecified atom stereocenters. The highest BCUT2D eigenvalue weighted by Gasteiger charge is 2.31. The van der Waals surface area contributed by atoms with Gasteiger partial charge in [-0.05, 0) is 57.5 Å². The van der Waals surface area contributed by atoms with Crippen LogP contribution in [-0.4, -0.2) is 34.0 Å². The minimum Gasteiger partial charge on any atom is -0.470 e. The maximum absolute atomic E-state index is 12.8. The fraction of sp³-hybridized carbons (Fsp3) is 0.350. The van der Waals surface area contributed by atoms with Crippen molar-refractivity contribution in [2.45, 2.75) is 36.6 Å². The number of amides is 1. The molecule has 2 aromatic heterocycles. The number of carbonyl (C=O) groups excluding carboxylic acids is 1. The first-order chi connectivity index (χ1) is 13.3. The third-order valence-electron chi connectivity index (χ3n) is 4.31. The lowest BCUT2D eigenvalue weighted by Crippen LogP contribution is -2.47. The Labute approximate surface area is 172 Å². The van der Waals surface area contributed by atoms with Gasteiger partial charge in [-0.1, -0.05) is 5.16 Å². The molecule has 0 aliphatic carbocycles. The highest BCUT2D eigenvalue weighted by Crippen LogP contribution is 2.27. The molecule has 0 bridgehead atoms. The molecule has 148 valence electrons. The largest absolute Gasteiger partial charge is 0.470 e. The summed E-state index contributed by atoms with van der Waals surface area (Å²) in [6.45, 7) is 5.67. The van der Waals surface area contributed by atoms with E-state index in [9.17, 15) is 4.79 Å². The van der Waals surface area contributed by atoms with Gasteiger partial charge in [0, 0.05) is 22.0 Å². The molecule has 1 amide bonds. The van der Waals surface area contributed by atoms with E-state index >= 15 is 0 Å². The second-order valence-corrected chi connectivity index (χ2v) is 8.65. The van der Waals surface area contributed by atoms with Gasteiger partial charge in [-0.15, -0.1) is 23.5 Å². The van der Waals surface area contributed by atoms with Crippen LogP contribution in [-0.2, 0) is 10.3 Å². The number of nitrogens with one attached hydrogen (secondary N) is 1. The maximum atomic E-state index is 12.8. The molecule has 0 aliphatic rings. The number of hydrogen-bond acceptors (Lipinski definition) is 7. The second-order valence-electron chi connectivity index (χ2n) is 6.88. The van der Waals surface area contributed by atoms with Gasteiger partial charge in [0.2, 0.25) is 5.44 Å². The van der Waals surface area contributed by atoms with E-state index in [1.165, 1.54) is 11.8 Å². The number of thioether (sulfide) groups is 2. The fourth-order valence-electron chi connectivity index (χ4n) is 2.93. The zero-order valence-electron chi connectivity index (χ0n) is 16.5. The summed E-state index contributed by atoms with van der Waals surface area (Å²) in [6, 6.07) is 7.69. The molecule has 8 heteroatoms. The average molecular weight is 418 g/mol. The zero-order chi connectivity index (χ0) is 20.3. The Kier molecular flexibility index (Phi) is 6.20. The van der Waals surface area contributed by atoms with Crippen molar-refractivity contribution < 1.29 is 14.1 Å². The van der Waals surface area contributed by atoms with E-state index < -0.39 is 11.0 Å². The molecule has 0 fully saturated rings. The van der Waals surface area contributed by atoms with Crippen molar-refractivity contribution >= 4 is 40.3 Å². The van der Waals surface area contributed by atoms with Crippen LogP contribution < -0.4 is 10.1 Å². The van der Waals surface area contributed by atoms with Crippen LogP contribution in [0.15, 0.2) is 46.1 Å². The summed E-state index contributed by atoms with van der Waals surface area (Å²) >= 11 is 2.96. The minimum atomic E-state index is -0.694. The molecule has 3 aromatic rings. The Balaban J connectivity index is 1.77. The number of pyridine rings is 1. The molecular weight excluding hydrogens is 394 g/mol. The number of fused-ring (bicyclic) bond motifs is 1. The summed E-state index contributed by atoms with van der Waals surface area (Å²) in [5.74, 6) is 0.397. The summed E-state index contributed by atoms with van der Waals surface area (Å²) in [6.07, 6.45) is 7.26. The number of carbonyl (C=O) groups is 1. The van der Waals surface area contributed by atoms with Crippen molar-refractivity contribution in [2.75, 3.05) is 12.5 Å². The Morgan fingerprint density at radius 1 is 1.29 bits per heavy atom. The normalized spacial score (nSPS) is 12.8. The van der Waals surface area contributed by atoms with Crippen molar-refractivity contribution in [3.63, 3.8) is 0 Å². The lowest BCUT2D eigenvalue weighted by atomic mass is 9.97. The lowest BCUT2D eigenvalue weighted by molar-refractivity contribution is -0.126. The summed E-state index contributed by atoms with van der Waals surface area (Å²) in [5, 5.41) is 7.99. The molecule has 0 saturated carbocycles. The van der Waals surface area contributed by atoms with Gasteiger partial charge in [0.05, 0.1) is 11.1 Å². The Bertz CT molecular complexity index is 988. The molecule has 0 radical (unpaired) electrons. The van der Waals surface area contributed by atoms with E-state index in [1.807, 2.05) is 57.7 Å². The van der Waals surface area contributed by atoms with Crippen molar-refractivity contribution in [3.8, 4) is 5.75 Å². The highest BCUT2D eigenvalue weighted by atomic mass is 32.2. The van der Waals surface area contributed by atoms with Gasteiger partial charge in [0.15, 0.2) is 0 Å². The van der Waals surface area contributed by atoms with E-state index in [1.54, 1.807) is 18.0 Å². The number of ether oxygens (including phenoxy) is 1. The third-order valence-corrected chi connectivity index (χ3v) is 5.74. The van der Waals surface area contributed by atoms with Gasteiger partial charge in [-0.25, -0.2) is 0 Å². The van der Waals surface area contributed by atoms with Crippen molar-refractivity contribution in [2.24, 2.45) is 0 Å². The van der Waals surface area contributed by atoms with Gasteiger partial charge in [-0.2, -0.15) is 0 Å². The van der Waals surface area contributed by atoms with E-state index in [0.717, 1.165) is 21.4 Å². The van der Waals surface area contributed by atoms with E-state index in [-0.39, 0.29) is 5.91 Å². The third kappa shape index (κ3) is 4.44. The van der Waals surface area contributed by atoms with Gasteiger partial charge >= 0.3 is 0 Å². The molecule has 0 aliphatic heterocycles. The molecule has 1 atom stereocenters. The van der Waals surface area contributed by atoms with Crippen molar-refractivity contribution in [1.29, 1.82) is 0 Å². The van der Waals surface area contributed by atoms with E-state index in [2.05, 4.69) is 21.5 Å². The Hall–Kier alpha value is -2.19. The van der Waals surface area contributed by atoms with Gasteiger partial charge in [0.1, 0.15) is 17.7 Å². The first-order valence-electron chi connectivity index (χ1n) is 8.71. The number of hydrogen-bond donors (Lipinski definition) is 1. The molecule has 3 rings (SSSR count). The number of benzene rings is 1. The summed E-state index contributed by atoms with van der Waals surface area (Å²) < 4.78 is 11.0. The fourth-order valence-corrected chi connectivity index (χ4v) is 3.81. The SMILES string of the molecule is CSc1cnc2ccc(OC(SC)C(=O)NC(C)(C)c3nocc3C)cc2c1. The van der Waals surface area contributed by atoms with Crippen LogP contribution in [0, 0.1) is 6.92 Å². The van der Waals surface area contributed by atoms with Crippen LogP contribution in [0.2, 0.25) is 0 Å². The van der Waals surface area contributed by atoms with Crippen LogP contribution in [0.3, 0.4) is 0 Å². The first-order valence-corrected chi connectivity index (χ1v) is 11.2. The quantitative estimate of drug-likeness (QED) is 0.452. The van der Waals surface area contributed by atoms with Crippen molar-refractivity contribution in [1.82, 2.24) is 15.5 Å². The van der Waals surface area contributed by atoms with Crippen LogP contribution >= 0.6 is 23.5 Å². The topological polar surface area (TPSA) is 77.2 Å². The molecular formula is C20H23N3O3S2. The summed E-state index contributed by atoms with van der Waals surface area (Å²) in [7, 11) is 0. The van der Waals surface area contributed by atoms with Gasteiger partial charge in [-0.3, -0.25) is 9.78 Å². The number of rotatable bonds is 7. The van der Waals surface area contributed by atoms with Crippen LogP contribution in [0.25, 0.3) is 10.9 Å². The van der Waals surface area contributed by atoms with Gasteiger partial charge in [0.25, 0.3) is 5.91 Å². The smallest absolute Gasteiger partial charge is 0.272 e. The van der Waals surface area contributed by atoms with Crippen LogP contribution in [0.5, 0.6) is 5.75 Å². The lowest BCUT2D eigenvalue weighted by Gasteiger charge is -2.27. The Morgan fingerprint density at radius 2 is 2.07 bits per heavy atom. The maximum Gasteiger partial charge on any atom is 0.272 e. The molecule has 6 nitrogen and oxygen atoms in total. The van der Waals surface area contributed by atoms with Gasteiger partial charge < -0.3 is 14.6 Å². The van der Waals surface area contributed by atoms with Crippen LogP contribution in [0.4, 0.5) is 0 Å². The minimum absolute atomic E-state index is 0.226. The zero-order valence-corrected chi connectivity index (χ0v) is 18.1. The Morgan fingerprint density at radius 3 is 2.71 bits per heavy atom. The molecule has 28 heavy (non-hydrogen) atoms. The molecule has 2 heterocycles. The molecule has 0 spiro atoms. The average Bonchev–Trinajstić information content (AvgIpc) is 3.12.